The quantitative estimate of drug-likeness (QED) is 0.860. The zero-order valence-corrected chi connectivity index (χ0v) is 12.9. The average Bonchev–Trinajstić information content (AvgIpc) is 2.99. The molecule has 1 heterocycles. The molecule has 0 saturated heterocycles. The largest absolute Gasteiger partial charge is 0.467 e. The van der Waals surface area contributed by atoms with Crippen molar-refractivity contribution in [2.24, 2.45) is 0 Å². The van der Waals surface area contributed by atoms with Crippen LogP contribution in [0.2, 0.25) is 5.02 Å². The Morgan fingerprint density at radius 3 is 2.65 bits per heavy atom. The molecule has 2 rings (SSSR count). The average molecular weight is 310 g/mol. The van der Waals surface area contributed by atoms with Crippen LogP contribution in [-0.2, 0) is 15.1 Å². The number of halogens is 1. The normalized spacial score (nSPS) is 13.8. The molecule has 0 radical (unpaired) electrons. The first-order chi connectivity index (χ1) is 9.66. The number of carbonyl (C=O) groups excluding carboxylic acids is 1. The van der Waals surface area contributed by atoms with E-state index in [2.05, 4.69) is 5.32 Å². The third kappa shape index (κ3) is 2.46. The van der Waals surface area contributed by atoms with E-state index in [9.17, 15) is 4.79 Å². The van der Waals surface area contributed by atoms with E-state index in [1.54, 1.807) is 6.07 Å². The van der Waals surface area contributed by atoms with Crippen molar-refractivity contribution in [2.45, 2.75) is 12.5 Å². The Balaban J connectivity index is 2.70. The molecule has 0 spiro atoms. The maximum absolute atomic E-state index is 12.5. The van der Waals surface area contributed by atoms with Gasteiger partial charge in [-0.05, 0) is 24.1 Å². The van der Waals surface area contributed by atoms with Crippen LogP contribution >= 0.6 is 22.9 Å². The van der Waals surface area contributed by atoms with Crippen LogP contribution in [0, 0.1) is 0 Å². The van der Waals surface area contributed by atoms with Gasteiger partial charge in [-0.1, -0.05) is 42.8 Å². The van der Waals surface area contributed by atoms with Gasteiger partial charge in [-0.3, -0.25) is 5.32 Å². The molecule has 0 amide bonds. The van der Waals surface area contributed by atoms with Crippen molar-refractivity contribution in [2.75, 3.05) is 13.7 Å². The lowest BCUT2D eigenvalue weighted by Crippen LogP contribution is -2.50. The summed E-state index contributed by atoms with van der Waals surface area (Å²) in [5.41, 5.74) is -0.353. The van der Waals surface area contributed by atoms with Gasteiger partial charge in [-0.2, -0.15) is 0 Å². The Morgan fingerprint density at radius 1 is 1.35 bits per heavy atom. The summed E-state index contributed by atoms with van der Waals surface area (Å²) >= 11 is 7.81. The first-order valence-corrected chi connectivity index (χ1v) is 7.55. The second kappa shape index (κ2) is 6.39. The Morgan fingerprint density at radius 2 is 2.10 bits per heavy atom. The number of nitrogens with one attached hydrogen (secondary N) is 1. The predicted molar refractivity (Wildman–Crippen MR) is 82.2 cm³/mol. The highest BCUT2D eigenvalue weighted by Crippen LogP contribution is 2.37. The van der Waals surface area contributed by atoms with Gasteiger partial charge in [0.2, 0.25) is 0 Å². The van der Waals surface area contributed by atoms with Crippen LogP contribution in [0.4, 0.5) is 0 Å². The number of rotatable bonds is 5. The second-order valence-corrected chi connectivity index (χ2v) is 5.58. The van der Waals surface area contributed by atoms with Crippen LogP contribution in [0.3, 0.4) is 0 Å². The van der Waals surface area contributed by atoms with E-state index in [1.807, 2.05) is 42.6 Å². The monoisotopic (exact) mass is 309 g/mol. The Kier molecular flexibility index (Phi) is 4.81. The minimum atomic E-state index is -1.06. The third-order valence-electron chi connectivity index (χ3n) is 3.10. The van der Waals surface area contributed by atoms with Crippen LogP contribution in [-0.4, -0.2) is 19.6 Å². The van der Waals surface area contributed by atoms with Gasteiger partial charge in [-0.15, -0.1) is 11.3 Å². The summed E-state index contributed by atoms with van der Waals surface area (Å²) in [7, 11) is 1.39. The summed E-state index contributed by atoms with van der Waals surface area (Å²) < 4.78 is 5.05. The molecule has 0 aliphatic heterocycles. The molecular weight excluding hydrogens is 294 g/mol. The zero-order valence-electron chi connectivity index (χ0n) is 11.4. The SMILES string of the molecule is CCNC(C(=O)OC)(c1cccs1)c1ccccc1Cl. The van der Waals surface area contributed by atoms with Gasteiger partial charge in [0.05, 0.1) is 7.11 Å². The Hall–Kier alpha value is -1.36. The lowest BCUT2D eigenvalue weighted by Gasteiger charge is -2.32. The van der Waals surface area contributed by atoms with Crippen molar-refractivity contribution < 1.29 is 9.53 Å². The van der Waals surface area contributed by atoms with Gasteiger partial charge in [0.15, 0.2) is 5.54 Å². The highest BCUT2D eigenvalue weighted by molar-refractivity contribution is 7.10. The van der Waals surface area contributed by atoms with Gasteiger partial charge < -0.3 is 4.74 Å². The summed E-state index contributed by atoms with van der Waals surface area (Å²) in [5, 5.41) is 5.72. The molecule has 1 N–H and O–H groups in total. The molecule has 1 unspecified atom stereocenters. The molecule has 1 aromatic carbocycles. The summed E-state index contributed by atoms with van der Waals surface area (Å²) in [6, 6.07) is 11.2. The number of hydrogen-bond donors (Lipinski definition) is 1. The molecule has 0 fully saturated rings. The zero-order chi connectivity index (χ0) is 14.6. The number of ether oxygens (including phenoxy) is 1. The van der Waals surface area contributed by atoms with Gasteiger partial charge in [0.1, 0.15) is 0 Å². The number of esters is 1. The number of thiophene rings is 1. The lowest BCUT2D eigenvalue weighted by molar-refractivity contribution is -0.147. The summed E-state index contributed by atoms with van der Waals surface area (Å²) in [6.07, 6.45) is 0. The van der Waals surface area contributed by atoms with Crippen molar-refractivity contribution in [3.05, 3.63) is 57.2 Å². The molecule has 0 bridgehead atoms. The van der Waals surface area contributed by atoms with E-state index in [0.717, 1.165) is 4.88 Å². The minimum Gasteiger partial charge on any atom is -0.467 e. The van der Waals surface area contributed by atoms with Gasteiger partial charge in [-0.25, -0.2) is 4.79 Å². The van der Waals surface area contributed by atoms with Gasteiger partial charge >= 0.3 is 5.97 Å². The minimum absolute atomic E-state index is 0.366. The van der Waals surface area contributed by atoms with Crippen molar-refractivity contribution in [3.8, 4) is 0 Å². The summed E-state index contributed by atoms with van der Waals surface area (Å²) in [4.78, 5) is 13.4. The Labute approximate surface area is 127 Å². The number of benzene rings is 1. The van der Waals surface area contributed by atoms with E-state index in [0.29, 0.717) is 17.1 Å². The highest BCUT2D eigenvalue weighted by Gasteiger charge is 2.44. The van der Waals surface area contributed by atoms with E-state index in [4.69, 9.17) is 16.3 Å². The number of carbonyl (C=O) groups is 1. The fourth-order valence-corrected chi connectivity index (χ4v) is 3.45. The molecular formula is C15H16ClNO2S. The van der Waals surface area contributed by atoms with Crippen molar-refractivity contribution in [1.82, 2.24) is 5.32 Å². The molecule has 1 aromatic heterocycles. The second-order valence-electron chi connectivity index (χ2n) is 4.23. The third-order valence-corrected chi connectivity index (χ3v) is 4.42. The lowest BCUT2D eigenvalue weighted by atomic mass is 9.88. The van der Waals surface area contributed by atoms with Gasteiger partial charge in [0.25, 0.3) is 0 Å². The van der Waals surface area contributed by atoms with Gasteiger partial charge in [0, 0.05) is 15.5 Å². The van der Waals surface area contributed by atoms with Crippen LogP contribution < -0.4 is 5.32 Å². The maximum atomic E-state index is 12.5. The summed E-state index contributed by atoms with van der Waals surface area (Å²) in [6.45, 7) is 2.56. The summed E-state index contributed by atoms with van der Waals surface area (Å²) in [5.74, 6) is -0.366. The molecule has 0 aliphatic rings. The fraction of sp³-hybridized carbons (Fsp3) is 0.267. The van der Waals surface area contributed by atoms with Crippen molar-refractivity contribution >= 4 is 28.9 Å². The number of likely N-dealkylation sites (N-methyl/N-ethyl adjacent to an activating group) is 1. The molecule has 5 heteroatoms. The van der Waals surface area contributed by atoms with Crippen molar-refractivity contribution in [1.29, 1.82) is 0 Å². The number of methoxy groups -OCH3 is 1. The molecule has 0 saturated carbocycles. The predicted octanol–water partition coefficient (Wildman–Crippen LogP) is 3.43. The maximum Gasteiger partial charge on any atom is 0.336 e. The molecule has 2 aromatic rings. The van der Waals surface area contributed by atoms with Crippen molar-refractivity contribution in [3.63, 3.8) is 0 Å². The van der Waals surface area contributed by atoms with E-state index < -0.39 is 5.54 Å². The first kappa shape index (κ1) is 15.0. The molecule has 0 aliphatic carbocycles. The Bertz CT molecular complexity index is 585. The number of hydrogen-bond acceptors (Lipinski definition) is 4. The molecule has 106 valence electrons. The van der Waals surface area contributed by atoms with Crippen LogP contribution in [0.25, 0.3) is 0 Å². The topological polar surface area (TPSA) is 38.3 Å². The molecule has 20 heavy (non-hydrogen) atoms. The van der Waals surface area contributed by atoms with E-state index in [1.165, 1.54) is 18.4 Å². The fourth-order valence-electron chi connectivity index (χ4n) is 2.27. The van der Waals surface area contributed by atoms with Crippen LogP contribution in [0.1, 0.15) is 17.4 Å². The highest BCUT2D eigenvalue weighted by atomic mass is 35.5. The smallest absolute Gasteiger partial charge is 0.336 e. The first-order valence-electron chi connectivity index (χ1n) is 6.29. The van der Waals surface area contributed by atoms with Crippen LogP contribution in [0.5, 0.6) is 0 Å². The van der Waals surface area contributed by atoms with E-state index >= 15 is 0 Å². The van der Waals surface area contributed by atoms with Crippen LogP contribution in [0.15, 0.2) is 41.8 Å². The molecule has 3 nitrogen and oxygen atoms in total. The van der Waals surface area contributed by atoms with E-state index in [-0.39, 0.29) is 5.97 Å². The standard InChI is InChI=1S/C15H16ClNO2S/c1-3-17-15(14(18)19-2,13-9-6-10-20-13)11-7-4-5-8-12(11)16/h4-10,17H,3H2,1-2H3. The molecule has 1 atom stereocenters.